The zero-order chi connectivity index (χ0) is 17.1. The van der Waals surface area contributed by atoms with Crippen LogP contribution in [0.3, 0.4) is 0 Å². The maximum absolute atomic E-state index is 9.75. The van der Waals surface area contributed by atoms with Gasteiger partial charge in [-0.25, -0.2) is 4.99 Å². The quantitative estimate of drug-likeness (QED) is 0.646. The van der Waals surface area contributed by atoms with Gasteiger partial charge in [0.05, 0.1) is 19.8 Å². The second kappa shape index (κ2) is 7.30. The molecule has 0 bridgehead atoms. The Balaban J connectivity index is 1.80. The number of benzene rings is 1. The average molecular weight is 333 g/mol. The molecule has 1 saturated heterocycles. The van der Waals surface area contributed by atoms with Crippen LogP contribution >= 0.6 is 0 Å². The van der Waals surface area contributed by atoms with E-state index in [9.17, 15) is 5.11 Å². The maximum Gasteiger partial charge on any atom is 0.194 e. The Morgan fingerprint density at radius 3 is 3.00 bits per heavy atom. The highest BCUT2D eigenvalue weighted by atomic mass is 16.5. The van der Waals surface area contributed by atoms with Crippen LogP contribution < -0.4 is 14.8 Å². The Kier molecular flexibility index (Phi) is 5.14. The highest BCUT2D eigenvalue weighted by molar-refractivity contribution is 5.80. The lowest BCUT2D eigenvalue weighted by Crippen LogP contribution is -2.40. The van der Waals surface area contributed by atoms with Crippen LogP contribution in [0.1, 0.15) is 31.4 Å². The molecule has 0 spiro atoms. The number of β-amino-alcohol motifs (C(OH)–C–C–N with tert-alkyl or cyclic N) is 1. The SMILES string of the molecule is CCNC(=NCc1cc2c(cc1OC)CC(C)O2)N1CC[C@@H](O)C1. The fourth-order valence-electron chi connectivity index (χ4n) is 3.32. The molecule has 2 heterocycles. The Hall–Kier alpha value is -1.95. The molecular formula is C18H27N3O3. The van der Waals surface area contributed by atoms with Gasteiger partial charge in [-0.1, -0.05) is 0 Å². The molecule has 6 nitrogen and oxygen atoms in total. The number of likely N-dealkylation sites (tertiary alicyclic amines) is 1. The molecule has 1 aromatic rings. The molecule has 24 heavy (non-hydrogen) atoms. The fourth-order valence-corrected chi connectivity index (χ4v) is 3.32. The van der Waals surface area contributed by atoms with Crippen LogP contribution in [0.2, 0.25) is 0 Å². The van der Waals surface area contributed by atoms with Crippen molar-refractivity contribution in [3.8, 4) is 11.5 Å². The molecule has 2 N–H and O–H groups in total. The van der Waals surface area contributed by atoms with Crippen molar-refractivity contribution in [2.75, 3.05) is 26.7 Å². The summed E-state index contributed by atoms with van der Waals surface area (Å²) in [7, 11) is 1.69. The van der Waals surface area contributed by atoms with E-state index in [0.717, 1.165) is 49.0 Å². The van der Waals surface area contributed by atoms with E-state index in [2.05, 4.69) is 23.2 Å². The minimum atomic E-state index is -0.265. The normalized spacial score (nSPS) is 23.2. The van der Waals surface area contributed by atoms with Gasteiger partial charge >= 0.3 is 0 Å². The molecule has 2 aliphatic heterocycles. The summed E-state index contributed by atoms with van der Waals surface area (Å²) in [6.45, 7) is 6.90. The maximum atomic E-state index is 9.75. The van der Waals surface area contributed by atoms with Crippen LogP contribution in [-0.2, 0) is 13.0 Å². The third kappa shape index (κ3) is 3.59. The largest absolute Gasteiger partial charge is 0.496 e. The van der Waals surface area contributed by atoms with Crippen LogP contribution in [0.25, 0.3) is 0 Å². The molecule has 132 valence electrons. The van der Waals surface area contributed by atoms with Crippen molar-refractivity contribution in [3.63, 3.8) is 0 Å². The van der Waals surface area contributed by atoms with E-state index in [0.29, 0.717) is 13.1 Å². The van der Waals surface area contributed by atoms with Crippen LogP contribution in [0.5, 0.6) is 11.5 Å². The highest BCUT2D eigenvalue weighted by Crippen LogP contribution is 2.35. The van der Waals surface area contributed by atoms with Gasteiger partial charge in [-0.05, 0) is 32.4 Å². The number of nitrogens with one attached hydrogen (secondary N) is 1. The molecule has 0 radical (unpaired) electrons. The van der Waals surface area contributed by atoms with Crippen molar-refractivity contribution in [1.29, 1.82) is 0 Å². The summed E-state index contributed by atoms with van der Waals surface area (Å²) >= 11 is 0. The van der Waals surface area contributed by atoms with E-state index in [1.807, 2.05) is 13.0 Å². The van der Waals surface area contributed by atoms with Crippen LogP contribution in [-0.4, -0.2) is 54.9 Å². The summed E-state index contributed by atoms with van der Waals surface area (Å²) in [4.78, 5) is 6.84. The topological polar surface area (TPSA) is 66.3 Å². The molecule has 0 saturated carbocycles. The number of nitrogens with zero attached hydrogens (tertiary/aromatic N) is 2. The second-order valence-electron chi connectivity index (χ2n) is 6.46. The van der Waals surface area contributed by atoms with Crippen LogP contribution in [0.15, 0.2) is 17.1 Å². The summed E-state index contributed by atoms with van der Waals surface area (Å²) < 4.78 is 11.4. The van der Waals surface area contributed by atoms with E-state index in [-0.39, 0.29) is 12.2 Å². The van der Waals surface area contributed by atoms with Crippen LogP contribution in [0.4, 0.5) is 0 Å². The number of aliphatic hydroxyl groups excluding tert-OH is 1. The number of methoxy groups -OCH3 is 1. The first-order valence-electron chi connectivity index (χ1n) is 8.68. The van der Waals surface area contributed by atoms with Crippen molar-refractivity contribution in [1.82, 2.24) is 10.2 Å². The van der Waals surface area contributed by atoms with Gasteiger partial charge in [0.1, 0.15) is 17.6 Å². The number of fused-ring (bicyclic) bond motifs is 1. The minimum Gasteiger partial charge on any atom is -0.496 e. The Bertz CT molecular complexity index is 618. The third-order valence-corrected chi connectivity index (χ3v) is 4.50. The summed E-state index contributed by atoms with van der Waals surface area (Å²) in [6, 6.07) is 4.11. The van der Waals surface area contributed by atoms with E-state index in [1.165, 1.54) is 5.56 Å². The van der Waals surface area contributed by atoms with Gasteiger partial charge in [-0.15, -0.1) is 0 Å². The third-order valence-electron chi connectivity index (χ3n) is 4.50. The van der Waals surface area contributed by atoms with Crippen molar-refractivity contribution >= 4 is 5.96 Å². The Morgan fingerprint density at radius 2 is 2.33 bits per heavy atom. The highest BCUT2D eigenvalue weighted by Gasteiger charge is 2.24. The molecular weight excluding hydrogens is 306 g/mol. The van der Waals surface area contributed by atoms with E-state index >= 15 is 0 Å². The molecule has 0 amide bonds. The first-order valence-corrected chi connectivity index (χ1v) is 8.68. The molecule has 1 aromatic carbocycles. The summed E-state index contributed by atoms with van der Waals surface area (Å²) in [5, 5.41) is 13.1. The summed E-state index contributed by atoms with van der Waals surface area (Å²) in [5.41, 5.74) is 2.21. The standard InChI is InChI=1S/C18H27N3O3/c1-4-19-18(21-6-5-15(22)11-21)20-10-14-9-17-13(7-12(2)24-17)8-16(14)23-3/h8-9,12,15,22H,4-7,10-11H2,1-3H3,(H,19,20)/t12?,15-/m1/s1. The lowest BCUT2D eigenvalue weighted by atomic mass is 10.1. The molecule has 2 aliphatic rings. The predicted molar refractivity (Wildman–Crippen MR) is 93.8 cm³/mol. The summed E-state index contributed by atoms with van der Waals surface area (Å²) in [5.74, 6) is 2.63. The van der Waals surface area contributed by atoms with Crippen molar-refractivity contribution in [2.24, 2.45) is 4.99 Å². The molecule has 2 atom stereocenters. The van der Waals surface area contributed by atoms with Gasteiger partial charge in [0.25, 0.3) is 0 Å². The van der Waals surface area contributed by atoms with E-state index in [4.69, 9.17) is 14.5 Å². The number of aliphatic hydroxyl groups is 1. The molecule has 1 fully saturated rings. The zero-order valence-corrected chi connectivity index (χ0v) is 14.7. The van der Waals surface area contributed by atoms with Gasteiger partial charge in [0.2, 0.25) is 0 Å². The van der Waals surface area contributed by atoms with Gasteiger partial charge in [-0.2, -0.15) is 0 Å². The number of hydrogen-bond donors (Lipinski definition) is 2. The van der Waals surface area contributed by atoms with Crippen molar-refractivity contribution in [3.05, 3.63) is 23.3 Å². The fraction of sp³-hybridized carbons (Fsp3) is 0.611. The lowest BCUT2D eigenvalue weighted by molar-refractivity contribution is 0.188. The zero-order valence-electron chi connectivity index (χ0n) is 14.7. The number of guanidine groups is 1. The second-order valence-corrected chi connectivity index (χ2v) is 6.46. The monoisotopic (exact) mass is 333 g/mol. The first kappa shape index (κ1) is 16.9. The average Bonchev–Trinajstić information content (AvgIpc) is 3.14. The van der Waals surface area contributed by atoms with Crippen molar-refractivity contribution < 1.29 is 14.6 Å². The number of aliphatic imine (C=N–C) groups is 1. The molecule has 0 aliphatic carbocycles. The van der Waals surface area contributed by atoms with Gasteiger partial charge in [-0.3, -0.25) is 0 Å². The molecule has 1 unspecified atom stereocenters. The number of hydrogen-bond acceptors (Lipinski definition) is 4. The van der Waals surface area contributed by atoms with E-state index < -0.39 is 0 Å². The van der Waals surface area contributed by atoms with Gasteiger partial charge < -0.3 is 24.8 Å². The molecule has 3 rings (SSSR count). The first-order chi connectivity index (χ1) is 11.6. The minimum absolute atomic E-state index is 0.215. The number of ether oxygens (including phenoxy) is 2. The molecule has 0 aromatic heterocycles. The van der Waals surface area contributed by atoms with E-state index in [1.54, 1.807) is 7.11 Å². The van der Waals surface area contributed by atoms with Gasteiger partial charge in [0.15, 0.2) is 5.96 Å². The van der Waals surface area contributed by atoms with Crippen molar-refractivity contribution in [2.45, 2.75) is 45.4 Å². The van der Waals surface area contributed by atoms with Crippen LogP contribution in [0, 0.1) is 0 Å². The lowest BCUT2D eigenvalue weighted by Gasteiger charge is -2.21. The number of rotatable bonds is 4. The Morgan fingerprint density at radius 1 is 1.50 bits per heavy atom. The van der Waals surface area contributed by atoms with Gasteiger partial charge in [0, 0.05) is 37.2 Å². The smallest absolute Gasteiger partial charge is 0.194 e. The molecule has 6 heteroatoms. The predicted octanol–water partition coefficient (Wildman–Crippen LogP) is 1.55. The summed E-state index contributed by atoms with van der Waals surface area (Å²) in [6.07, 6.45) is 1.66. The Labute approximate surface area is 143 Å².